The van der Waals surface area contributed by atoms with Crippen LogP contribution in [0.25, 0.3) is 0 Å². The topological polar surface area (TPSA) is 55.8 Å². The molecule has 1 aliphatic heterocycles. The number of carbonyl (C=O) groups is 2. The van der Waals surface area contributed by atoms with Crippen LogP contribution >= 0.6 is 15.9 Å². The molecule has 26 heavy (non-hydrogen) atoms. The number of carbonyl (C=O) groups excluding carboxylic acids is 2. The van der Waals surface area contributed by atoms with Gasteiger partial charge in [-0.1, -0.05) is 12.1 Å². The highest BCUT2D eigenvalue weighted by Gasteiger charge is 2.19. The molecule has 0 aliphatic carbocycles. The summed E-state index contributed by atoms with van der Waals surface area (Å²) in [7, 11) is 1.54. The minimum absolute atomic E-state index is 0.0614. The highest BCUT2D eigenvalue weighted by atomic mass is 79.9. The zero-order valence-electron chi connectivity index (χ0n) is 14.5. The first-order valence-electron chi connectivity index (χ1n) is 8.47. The predicted octanol–water partition coefficient (Wildman–Crippen LogP) is 4.05. The Morgan fingerprint density at radius 3 is 2.42 bits per heavy atom. The first-order valence-corrected chi connectivity index (χ1v) is 9.26. The van der Waals surface area contributed by atoms with Crippen molar-refractivity contribution in [1.29, 1.82) is 0 Å². The molecule has 0 N–H and O–H groups in total. The van der Waals surface area contributed by atoms with E-state index in [0.29, 0.717) is 21.3 Å². The first-order chi connectivity index (χ1) is 12.6. The molecule has 1 saturated heterocycles. The molecule has 0 spiro atoms. The zero-order chi connectivity index (χ0) is 18.5. The van der Waals surface area contributed by atoms with Crippen LogP contribution in [0.2, 0.25) is 0 Å². The minimum atomic E-state index is -0.437. The summed E-state index contributed by atoms with van der Waals surface area (Å²) in [6, 6.07) is 12.3. The Hall–Kier alpha value is -2.34. The monoisotopic (exact) mass is 417 g/mol. The number of methoxy groups -OCH3 is 1. The maximum atomic E-state index is 12.3. The van der Waals surface area contributed by atoms with Crippen molar-refractivity contribution in [1.82, 2.24) is 4.90 Å². The summed E-state index contributed by atoms with van der Waals surface area (Å²) in [6.45, 7) is 1.79. The largest absolute Gasteiger partial charge is 0.497 e. The molecule has 0 bridgehead atoms. The standard InChI is InChI=1S/C20H20BrNO4/c1-25-16-8-9-18(21)17(12-16)20(24)26-13-14-4-6-15(7-5-14)19(23)22-10-2-3-11-22/h4-9,12H,2-3,10-11,13H2,1H3. The Morgan fingerprint density at radius 2 is 1.77 bits per heavy atom. The van der Waals surface area contributed by atoms with Gasteiger partial charge in [0.2, 0.25) is 0 Å². The molecule has 0 atom stereocenters. The van der Waals surface area contributed by atoms with E-state index in [0.717, 1.165) is 31.5 Å². The van der Waals surface area contributed by atoms with Crippen LogP contribution in [0.3, 0.4) is 0 Å². The molecule has 1 amide bonds. The summed E-state index contributed by atoms with van der Waals surface area (Å²) in [4.78, 5) is 26.5. The quantitative estimate of drug-likeness (QED) is 0.688. The van der Waals surface area contributed by atoms with Crippen molar-refractivity contribution in [2.75, 3.05) is 20.2 Å². The molecule has 0 saturated carbocycles. The molecule has 136 valence electrons. The van der Waals surface area contributed by atoms with Crippen LogP contribution < -0.4 is 4.74 Å². The van der Waals surface area contributed by atoms with Gasteiger partial charge >= 0.3 is 5.97 Å². The second-order valence-corrected chi connectivity index (χ2v) is 6.97. The third kappa shape index (κ3) is 4.25. The molecule has 1 aliphatic rings. The maximum Gasteiger partial charge on any atom is 0.339 e. The highest BCUT2D eigenvalue weighted by Crippen LogP contribution is 2.23. The van der Waals surface area contributed by atoms with Crippen molar-refractivity contribution in [3.63, 3.8) is 0 Å². The fourth-order valence-corrected chi connectivity index (χ4v) is 3.27. The molecule has 0 unspecified atom stereocenters. The summed E-state index contributed by atoms with van der Waals surface area (Å²) < 4.78 is 11.2. The van der Waals surface area contributed by atoms with Crippen molar-refractivity contribution in [3.8, 4) is 5.75 Å². The number of rotatable bonds is 5. The number of esters is 1. The number of amides is 1. The SMILES string of the molecule is COc1ccc(Br)c(C(=O)OCc2ccc(C(=O)N3CCCC3)cc2)c1. The molecule has 0 aromatic heterocycles. The molecule has 6 heteroatoms. The van der Waals surface area contributed by atoms with Gasteiger partial charge in [0, 0.05) is 23.1 Å². The van der Waals surface area contributed by atoms with Gasteiger partial charge in [0.25, 0.3) is 5.91 Å². The van der Waals surface area contributed by atoms with Crippen molar-refractivity contribution in [2.24, 2.45) is 0 Å². The van der Waals surface area contributed by atoms with Crippen LogP contribution in [0.5, 0.6) is 5.75 Å². The number of nitrogens with zero attached hydrogens (tertiary/aromatic N) is 1. The summed E-state index contributed by atoms with van der Waals surface area (Å²) >= 11 is 3.35. The lowest BCUT2D eigenvalue weighted by Crippen LogP contribution is -2.27. The van der Waals surface area contributed by atoms with Gasteiger partial charge in [0.05, 0.1) is 12.7 Å². The van der Waals surface area contributed by atoms with Crippen LogP contribution in [0, 0.1) is 0 Å². The van der Waals surface area contributed by atoms with E-state index in [9.17, 15) is 9.59 Å². The van der Waals surface area contributed by atoms with E-state index in [1.807, 2.05) is 17.0 Å². The Balaban J connectivity index is 1.61. The number of hydrogen-bond donors (Lipinski definition) is 0. The lowest BCUT2D eigenvalue weighted by atomic mass is 10.1. The summed E-state index contributed by atoms with van der Waals surface area (Å²) in [5, 5.41) is 0. The van der Waals surface area contributed by atoms with E-state index in [-0.39, 0.29) is 12.5 Å². The Morgan fingerprint density at radius 1 is 1.08 bits per heavy atom. The predicted molar refractivity (Wildman–Crippen MR) is 101 cm³/mol. The number of ether oxygens (including phenoxy) is 2. The molecule has 2 aromatic carbocycles. The minimum Gasteiger partial charge on any atom is -0.497 e. The summed E-state index contributed by atoms with van der Waals surface area (Å²) in [5.74, 6) is 0.212. The summed E-state index contributed by atoms with van der Waals surface area (Å²) in [6.07, 6.45) is 2.14. The van der Waals surface area contributed by atoms with Gasteiger partial charge in [0.15, 0.2) is 0 Å². The first kappa shape index (κ1) is 18.5. The van der Waals surface area contributed by atoms with Gasteiger partial charge in [-0.25, -0.2) is 4.79 Å². The van der Waals surface area contributed by atoms with E-state index in [2.05, 4.69) is 15.9 Å². The molecular weight excluding hydrogens is 398 g/mol. The number of hydrogen-bond acceptors (Lipinski definition) is 4. The van der Waals surface area contributed by atoms with Crippen molar-refractivity contribution in [3.05, 3.63) is 63.6 Å². The number of benzene rings is 2. The van der Waals surface area contributed by atoms with Gasteiger partial charge in [-0.3, -0.25) is 4.79 Å². The fourth-order valence-electron chi connectivity index (χ4n) is 2.86. The average molecular weight is 418 g/mol. The third-order valence-electron chi connectivity index (χ3n) is 4.36. The normalized spacial score (nSPS) is 13.5. The van der Waals surface area contributed by atoms with E-state index in [1.54, 1.807) is 37.4 Å². The van der Waals surface area contributed by atoms with Crippen LogP contribution in [-0.4, -0.2) is 37.0 Å². The van der Waals surface area contributed by atoms with Crippen molar-refractivity contribution >= 4 is 27.8 Å². The Bertz CT molecular complexity index is 798. The van der Waals surface area contributed by atoms with Crippen molar-refractivity contribution < 1.29 is 19.1 Å². The number of halogens is 1. The Labute approximate surface area is 161 Å². The smallest absolute Gasteiger partial charge is 0.339 e. The van der Waals surface area contributed by atoms with E-state index in [1.165, 1.54) is 0 Å². The average Bonchev–Trinajstić information content (AvgIpc) is 3.21. The van der Waals surface area contributed by atoms with Crippen LogP contribution in [0.4, 0.5) is 0 Å². The van der Waals surface area contributed by atoms with E-state index < -0.39 is 5.97 Å². The lowest BCUT2D eigenvalue weighted by Gasteiger charge is -2.15. The van der Waals surface area contributed by atoms with Gasteiger partial charge < -0.3 is 14.4 Å². The van der Waals surface area contributed by atoms with Crippen LogP contribution in [-0.2, 0) is 11.3 Å². The lowest BCUT2D eigenvalue weighted by molar-refractivity contribution is 0.0471. The highest BCUT2D eigenvalue weighted by molar-refractivity contribution is 9.10. The Kier molecular flexibility index (Phi) is 5.93. The van der Waals surface area contributed by atoms with Gasteiger partial charge in [-0.15, -0.1) is 0 Å². The van der Waals surface area contributed by atoms with Gasteiger partial charge in [0.1, 0.15) is 12.4 Å². The van der Waals surface area contributed by atoms with Crippen LogP contribution in [0.15, 0.2) is 46.9 Å². The molecular formula is C20H20BrNO4. The molecule has 1 fully saturated rings. The number of likely N-dealkylation sites (tertiary alicyclic amines) is 1. The fraction of sp³-hybridized carbons (Fsp3) is 0.300. The molecule has 0 radical (unpaired) electrons. The summed E-state index contributed by atoms with van der Waals surface area (Å²) in [5.41, 5.74) is 1.90. The van der Waals surface area contributed by atoms with Gasteiger partial charge in [-0.05, 0) is 64.7 Å². The second kappa shape index (κ2) is 8.36. The molecule has 2 aromatic rings. The zero-order valence-corrected chi connectivity index (χ0v) is 16.1. The van der Waals surface area contributed by atoms with E-state index in [4.69, 9.17) is 9.47 Å². The molecule has 5 nitrogen and oxygen atoms in total. The molecule has 3 rings (SSSR count). The van der Waals surface area contributed by atoms with Crippen LogP contribution in [0.1, 0.15) is 39.1 Å². The third-order valence-corrected chi connectivity index (χ3v) is 5.05. The second-order valence-electron chi connectivity index (χ2n) is 6.12. The van der Waals surface area contributed by atoms with Gasteiger partial charge in [-0.2, -0.15) is 0 Å². The maximum absolute atomic E-state index is 12.3. The van der Waals surface area contributed by atoms with Crippen molar-refractivity contribution in [2.45, 2.75) is 19.4 Å². The molecule has 1 heterocycles. The van der Waals surface area contributed by atoms with E-state index >= 15 is 0 Å².